The highest BCUT2D eigenvalue weighted by Crippen LogP contribution is 2.14. The summed E-state index contributed by atoms with van der Waals surface area (Å²) in [5, 5.41) is 2.02. The maximum absolute atomic E-state index is 11.8. The number of nitrogens with zero attached hydrogens (tertiary/aromatic N) is 2. The van der Waals surface area contributed by atoms with E-state index in [1.807, 2.05) is 5.32 Å². The number of ether oxygens (including phenoxy) is 1. The van der Waals surface area contributed by atoms with Gasteiger partial charge in [0.2, 0.25) is 0 Å². The van der Waals surface area contributed by atoms with E-state index in [1.54, 1.807) is 0 Å². The van der Waals surface area contributed by atoms with Crippen molar-refractivity contribution in [2.75, 3.05) is 19.0 Å². The summed E-state index contributed by atoms with van der Waals surface area (Å²) in [7, 11) is 1.17. The average molecular weight is 235 g/mol. The van der Waals surface area contributed by atoms with Gasteiger partial charge in [0.05, 0.1) is 19.5 Å². The van der Waals surface area contributed by atoms with Crippen LogP contribution in [0.5, 0.6) is 0 Å². The molecular formula is C8H8F3N3O2. The lowest BCUT2D eigenvalue weighted by Crippen LogP contribution is -2.22. The van der Waals surface area contributed by atoms with Crippen molar-refractivity contribution in [3.05, 3.63) is 18.1 Å². The topological polar surface area (TPSA) is 64.1 Å². The first-order valence-electron chi connectivity index (χ1n) is 4.13. The van der Waals surface area contributed by atoms with Crippen molar-refractivity contribution in [1.82, 2.24) is 9.97 Å². The second-order valence-electron chi connectivity index (χ2n) is 2.75. The molecule has 0 unspecified atom stereocenters. The smallest absolute Gasteiger partial charge is 0.405 e. The van der Waals surface area contributed by atoms with Gasteiger partial charge in [0, 0.05) is 0 Å². The number of rotatable bonds is 3. The molecule has 1 aromatic heterocycles. The van der Waals surface area contributed by atoms with Crippen LogP contribution in [0.15, 0.2) is 12.4 Å². The number of halogens is 3. The summed E-state index contributed by atoms with van der Waals surface area (Å²) >= 11 is 0. The van der Waals surface area contributed by atoms with Crippen LogP contribution in [-0.4, -0.2) is 35.8 Å². The summed E-state index contributed by atoms with van der Waals surface area (Å²) in [5.41, 5.74) is -0.0694. The Hall–Kier alpha value is -1.86. The number of nitrogens with one attached hydrogen (secondary N) is 1. The number of hydrogen-bond acceptors (Lipinski definition) is 5. The van der Waals surface area contributed by atoms with Crippen molar-refractivity contribution in [2.24, 2.45) is 0 Å². The Kier molecular flexibility index (Phi) is 3.64. The second-order valence-corrected chi connectivity index (χ2v) is 2.75. The number of anilines is 1. The summed E-state index contributed by atoms with van der Waals surface area (Å²) in [6.45, 7) is -1.21. The molecule has 0 spiro atoms. The molecule has 5 nitrogen and oxygen atoms in total. The van der Waals surface area contributed by atoms with E-state index in [9.17, 15) is 18.0 Å². The van der Waals surface area contributed by atoms with Gasteiger partial charge < -0.3 is 10.1 Å². The van der Waals surface area contributed by atoms with Crippen molar-refractivity contribution < 1.29 is 22.7 Å². The van der Waals surface area contributed by atoms with Gasteiger partial charge in [-0.2, -0.15) is 13.2 Å². The third-order valence-electron chi connectivity index (χ3n) is 1.52. The number of carbonyl (C=O) groups is 1. The lowest BCUT2D eigenvalue weighted by Gasteiger charge is -2.08. The number of aromatic nitrogens is 2. The van der Waals surface area contributed by atoms with Crippen LogP contribution in [0.1, 0.15) is 10.5 Å². The van der Waals surface area contributed by atoms with Crippen molar-refractivity contribution in [2.45, 2.75) is 6.18 Å². The summed E-state index contributed by atoms with van der Waals surface area (Å²) < 4.78 is 39.8. The zero-order chi connectivity index (χ0) is 12.2. The molecule has 0 saturated carbocycles. The van der Waals surface area contributed by atoms with E-state index in [0.717, 1.165) is 12.4 Å². The Balaban J connectivity index is 2.62. The minimum Gasteiger partial charge on any atom is -0.464 e. The Morgan fingerprint density at radius 1 is 1.44 bits per heavy atom. The lowest BCUT2D eigenvalue weighted by molar-refractivity contribution is -0.115. The molecule has 16 heavy (non-hydrogen) atoms. The first kappa shape index (κ1) is 12.2. The van der Waals surface area contributed by atoms with Crippen molar-refractivity contribution >= 4 is 11.8 Å². The minimum atomic E-state index is -4.33. The van der Waals surface area contributed by atoms with E-state index in [2.05, 4.69) is 14.7 Å². The second kappa shape index (κ2) is 4.77. The molecule has 1 aromatic rings. The zero-order valence-corrected chi connectivity index (χ0v) is 8.21. The summed E-state index contributed by atoms with van der Waals surface area (Å²) in [5.74, 6) is -0.764. The SMILES string of the molecule is COC(=O)c1cnc(NCC(F)(F)F)cn1. The maximum Gasteiger partial charge on any atom is 0.405 e. The largest absolute Gasteiger partial charge is 0.464 e. The molecular weight excluding hydrogens is 227 g/mol. The standard InChI is InChI=1S/C8H8F3N3O2/c1-16-7(15)5-2-13-6(3-12-5)14-4-8(9,10)11/h2-3H,4H2,1H3,(H,13,14). The van der Waals surface area contributed by atoms with Crippen molar-refractivity contribution in [3.8, 4) is 0 Å². The summed E-state index contributed by atoms with van der Waals surface area (Å²) in [6, 6.07) is 0. The van der Waals surface area contributed by atoms with Crippen LogP contribution in [0.2, 0.25) is 0 Å². The predicted molar refractivity (Wildman–Crippen MR) is 47.9 cm³/mol. The van der Waals surface area contributed by atoms with Crippen LogP contribution in [-0.2, 0) is 4.74 Å². The van der Waals surface area contributed by atoms with E-state index in [-0.39, 0.29) is 11.5 Å². The number of alkyl halides is 3. The average Bonchev–Trinajstić information content (AvgIpc) is 2.25. The Labute approximate surface area is 88.7 Å². The van der Waals surface area contributed by atoms with Crippen LogP contribution >= 0.6 is 0 Å². The molecule has 88 valence electrons. The Morgan fingerprint density at radius 3 is 2.56 bits per heavy atom. The van der Waals surface area contributed by atoms with Crippen LogP contribution in [0, 0.1) is 0 Å². The molecule has 0 bridgehead atoms. The number of methoxy groups -OCH3 is 1. The molecule has 0 aliphatic heterocycles. The molecule has 0 aliphatic rings. The van der Waals surface area contributed by atoms with E-state index in [1.165, 1.54) is 7.11 Å². The predicted octanol–water partition coefficient (Wildman–Crippen LogP) is 1.24. The van der Waals surface area contributed by atoms with Gasteiger partial charge in [-0.1, -0.05) is 0 Å². The molecule has 0 aromatic carbocycles. The van der Waals surface area contributed by atoms with Gasteiger partial charge in [-0.15, -0.1) is 0 Å². The first-order valence-corrected chi connectivity index (χ1v) is 4.13. The van der Waals surface area contributed by atoms with Gasteiger partial charge in [0.15, 0.2) is 5.69 Å². The van der Waals surface area contributed by atoms with E-state index >= 15 is 0 Å². The maximum atomic E-state index is 11.8. The van der Waals surface area contributed by atoms with Gasteiger partial charge in [0.1, 0.15) is 12.4 Å². The zero-order valence-electron chi connectivity index (χ0n) is 8.21. The molecule has 1 heterocycles. The first-order chi connectivity index (χ1) is 7.42. The number of esters is 1. The van der Waals surface area contributed by atoms with Crippen LogP contribution in [0.3, 0.4) is 0 Å². The van der Waals surface area contributed by atoms with E-state index in [4.69, 9.17) is 0 Å². The monoisotopic (exact) mass is 235 g/mol. The quantitative estimate of drug-likeness (QED) is 0.798. The molecule has 0 radical (unpaired) electrons. The van der Waals surface area contributed by atoms with Crippen LogP contribution in [0.4, 0.5) is 19.0 Å². The lowest BCUT2D eigenvalue weighted by atomic mass is 10.4. The van der Waals surface area contributed by atoms with E-state index in [0.29, 0.717) is 0 Å². The highest BCUT2D eigenvalue weighted by molar-refractivity contribution is 5.86. The van der Waals surface area contributed by atoms with Gasteiger partial charge in [0.25, 0.3) is 0 Å². The highest BCUT2D eigenvalue weighted by atomic mass is 19.4. The molecule has 0 amide bonds. The molecule has 0 aliphatic carbocycles. The molecule has 8 heteroatoms. The summed E-state index contributed by atoms with van der Waals surface area (Å²) in [4.78, 5) is 18.1. The molecule has 0 saturated heterocycles. The molecule has 0 atom stereocenters. The fraction of sp³-hybridized carbons (Fsp3) is 0.375. The van der Waals surface area contributed by atoms with Crippen LogP contribution < -0.4 is 5.32 Å². The summed E-state index contributed by atoms with van der Waals surface area (Å²) in [6.07, 6.45) is -2.27. The van der Waals surface area contributed by atoms with Gasteiger partial charge in [-0.05, 0) is 0 Å². The van der Waals surface area contributed by atoms with Crippen molar-refractivity contribution in [3.63, 3.8) is 0 Å². The Morgan fingerprint density at radius 2 is 2.12 bits per heavy atom. The third-order valence-corrected chi connectivity index (χ3v) is 1.52. The molecule has 1 rings (SSSR count). The minimum absolute atomic E-state index is 0.0648. The molecule has 1 N–H and O–H groups in total. The van der Waals surface area contributed by atoms with E-state index < -0.39 is 18.7 Å². The van der Waals surface area contributed by atoms with Gasteiger partial charge in [-0.3, -0.25) is 0 Å². The van der Waals surface area contributed by atoms with Crippen LogP contribution in [0.25, 0.3) is 0 Å². The normalized spacial score (nSPS) is 11.0. The van der Waals surface area contributed by atoms with Gasteiger partial charge in [-0.25, -0.2) is 14.8 Å². The third kappa shape index (κ3) is 3.71. The van der Waals surface area contributed by atoms with Gasteiger partial charge >= 0.3 is 12.1 Å². The number of carbonyl (C=O) groups excluding carboxylic acids is 1. The fourth-order valence-electron chi connectivity index (χ4n) is 0.820. The molecule has 0 fully saturated rings. The highest BCUT2D eigenvalue weighted by Gasteiger charge is 2.26. The fourth-order valence-corrected chi connectivity index (χ4v) is 0.820. The number of hydrogen-bond donors (Lipinski definition) is 1. The Bertz CT molecular complexity index is 364. The van der Waals surface area contributed by atoms with Crippen molar-refractivity contribution in [1.29, 1.82) is 0 Å².